The number of hydrogen-bond acceptors (Lipinski definition) is 2. The van der Waals surface area contributed by atoms with E-state index in [0.29, 0.717) is 0 Å². The largest absolute Gasteiger partial charge is 0.450 e. The van der Waals surface area contributed by atoms with Crippen LogP contribution in [0.1, 0.15) is 34.1 Å². The van der Waals surface area contributed by atoms with E-state index in [1.54, 1.807) is 13.1 Å². The van der Waals surface area contributed by atoms with Gasteiger partial charge < -0.3 is 4.79 Å². The zero-order valence-corrected chi connectivity index (χ0v) is 12.7. The summed E-state index contributed by atoms with van der Waals surface area (Å²) in [6.07, 6.45) is -5.93. The molecular weight excluding hydrogens is 261 g/mol. The van der Waals surface area contributed by atoms with Crippen LogP contribution in [0.25, 0.3) is 0 Å². The average molecular weight is 282 g/mol. The van der Waals surface area contributed by atoms with Crippen molar-refractivity contribution in [2.45, 2.75) is 58.4 Å². The van der Waals surface area contributed by atoms with E-state index < -0.39 is 31.9 Å². The number of rotatable bonds is 5. The van der Waals surface area contributed by atoms with Gasteiger partial charge in [0.1, 0.15) is 13.5 Å². The Hall–Kier alpha value is -0.653. The lowest BCUT2D eigenvalue weighted by molar-refractivity contribution is -0.171. The van der Waals surface area contributed by atoms with Crippen molar-refractivity contribution in [1.29, 1.82) is 0 Å². The number of hydrogen-bond donors (Lipinski definition) is 0. The molecule has 18 heavy (non-hydrogen) atoms. The van der Waals surface area contributed by atoms with Crippen molar-refractivity contribution >= 4 is 19.3 Å². The van der Waals surface area contributed by atoms with Crippen LogP contribution in [0.5, 0.6) is 0 Å². The monoisotopic (exact) mass is 282 g/mol. The molecule has 106 valence electrons. The van der Waals surface area contributed by atoms with Crippen LogP contribution in [0.2, 0.25) is 18.1 Å². The molecule has 0 atom stereocenters. The highest BCUT2D eigenvalue weighted by Crippen LogP contribution is 2.45. The predicted octanol–water partition coefficient (Wildman–Crippen LogP) is 3.76. The van der Waals surface area contributed by atoms with Gasteiger partial charge in [0.25, 0.3) is 0 Å². The maximum absolute atomic E-state index is 12.2. The van der Waals surface area contributed by atoms with Crippen LogP contribution in [0, 0.1) is 5.92 Å². The van der Waals surface area contributed by atoms with Crippen LogP contribution < -0.4 is 0 Å². The third-order valence-corrected chi connectivity index (χ3v) is 9.76. The molecule has 0 saturated carbocycles. The highest BCUT2D eigenvalue weighted by atomic mass is 28.3. The lowest BCUT2D eigenvalue weighted by atomic mass is 9.99. The second-order valence-electron chi connectivity index (χ2n) is 6.02. The van der Waals surface area contributed by atoms with Crippen molar-refractivity contribution in [3.8, 4) is 0 Å². The standard InChI is InChI=1S/C12H21F3O2Si/c1-8(2)11(3,4)18(5,6)10(17)7-9(16)12(13,14)15/h8H,7H2,1-6H3. The van der Waals surface area contributed by atoms with Gasteiger partial charge in [0.05, 0.1) is 6.42 Å². The zero-order chi connectivity index (χ0) is 14.9. The Morgan fingerprint density at radius 1 is 1.11 bits per heavy atom. The van der Waals surface area contributed by atoms with Crippen LogP contribution >= 0.6 is 0 Å². The first-order valence-electron chi connectivity index (χ1n) is 5.88. The molecule has 0 rings (SSSR count). The fourth-order valence-corrected chi connectivity index (χ4v) is 4.31. The third-order valence-electron chi connectivity index (χ3n) is 4.39. The number of alkyl halides is 3. The van der Waals surface area contributed by atoms with Crippen molar-refractivity contribution in [1.82, 2.24) is 0 Å². The van der Waals surface area contributed by atoms with Crippen LogP contribution in [-0.2, 0) is 9.59 Å². The normalized spacial score (nSPS) is 13.9. The van der Waals surface area contributed by atoms with E-state index in [4.69, 9.17) is 0 Å². The molecule has 0 aliphatic rings. The summed E-state index contributed by atoms with van der Waals surface area (Å²) in [5.74, 6) is -1.77. The van der Waals surface area contributed by atoms with Crippen LogP contribution in [0.15, 0.2) is 0 Å². The Bertz CT molecular complexity index is 344. The lowest BCUT2D eigenvalue weighted by Gasteiger charge is -2.41. The fraction of sp³-hybridized carbons (Fsp3) is 0.833. The van der Waals surface area contributed by atoms with Gasteiger partial charge in [-0.2, -0.15) is 13.2 Å². The van der Waals surface area contributed by atoms with E-state index in [2.05, 4.69) is 0 Å². The first-order valence-corrected chi connectivity index (χ1v) is 8.88. The summed E-state index contributed by atoms with van der Waals surface area (Å²) in [7, 11) is -2.60. The molecule has 0 aromatic rings. The summed E-state index contributed by atoms with van der Waals surface area (Å²) in [5.41, 5.74) is 0. The van der Waals surface area contributed by atoms with E-state index in [9.17, 15) is 22.8 Å². The Morgan fingerprint density at radius 3 is 1.78 bits per heavy atom. The summed E-state index contributed by atoms with van der Waals surface area (Å²) in [4.78, 5) is 22.9. The molecule has 2 nitrogen and oxygen atoms in total. The van der Waals surface area contributed by atoms with Gasteiger partial charge in [-0.25, -0.2) is 0 Å². The Kier molecular flexibility index (Phi) is 4.96. The van der Waals surface area contributed by atoms with E-state index in [1.807, 2.05) is 27.7 Å². The van der Waals surface area contributed by atoms with Gasteiger partial charge >= 0.3 is 6.18 Å². The molecular formula is C12H21F3O2Si. The topological polar surface area (TPSA) is 34.1 Å². The van der Waals surface area contributed by atoms with Gasteiger partial charge in [-0.1, -0.05) is 40.8 Å². The number of carbonyl (C=O) groups excluding carboxylic acids is 2. The van der Waals surface area contributed by atoms with Crippen LogP contribution in [0.4, 0.5) is 13.2 Å². The summed E-state index contributed by atoms with van der Waals surface area (Å²) >= 11 is 0. The molecule has 0 radical (unpaired) electrons. The molecule has 0 aromatic heterocycles. The molecule has 0 saturated heterocycles. The predicted molar refractivity (Wildman–Crippen MR) is 67.0 cm³/mol. The van der Waals surface area contributed by atoms with Gasteiger partial charge in [0.2, 0.25) is 5.78 Å². The van der Waals surface area contributed by atoms with Crippen LogP contribution in [-0.4, -0.2) is 25.4 Å². The summed E-state index contributed by atoms with van der Waals surface area (Å²) in [5, 5.41) is -0.876. The summed E-state index contributed by atoms with van der Waals surface area (Å²) in [6, 6.07) is 0. The Balaban J connectivity index is 5.06. The maximum Gasteiger partial charge on any atom is 0.450 e. The smallest absolute Gasteiger partial charge is 0.305 e. The van der Waals surface area contributed by atoms with Crippen molar-refractivity contribution < 1.29 is 22.8 Å². The SMILES string of the molecule is CC(C)C(C)(C)[Si](C)(C)C(=O)CC(=O)C(F)(F)F. The number of carbonyl (C=O) groups is 2. The molecule has 0 aliphatic heterocycles. The average Bonchev–Trinajstić information content (AvgIpc) is 2.15. The van der Waals surface area contributed by atoms with Gasteiger partial charge in [0, 0.05) is 0 Å². The molecule has 0 amide bonds. The fourth-order valence-electron chi connectivity index (χ4n) is 1.55. The highest BCUT2D eigenvalue weighted by Gasteiger charge is 2.49. The first-order chi connectivity index (χ1) is 7.74. The van der Waals surface area contributed by atoms with Crippen LogP contribution in [0.3, 0.4) is 0 Å². The Morgan fingerprint density at radius 2 is 1.50 bits per heavy atom. The molecule has 6 heteroatoms. The van der Waals surface area contributed by atoms with Gasteiger partial charge in [0.15, 0.2) is 0 Å². The minimum absolute atomic E-state index is 0.170. The molecule has 0 heterocycles. The minimum Gasteiger partial charge on any atom is -0.305 e. The van der Waals surface area contributed by atoms with Crippen molar-refractivity contribution in [3.63, 3.8) is 0 Å². The molecule has 0 spiro atoms. The second kappa shape index (κ2) is 5.15. The maximum atomic E-state index is 12.2. The first kappa shape index (κ1) is 17.3. The third kappa shape index (κ3) is 3.43. The van der Waals surface area contributed by atoms with Gasteiger partial charge in [-0.3, -0.25) is 4.79 Å². The molecule has 0 aromatic carbocycles. The minimum atomic E-state index is -4.91. The molecule has 0 fully saturated rings. The zero-order valence-electron chi connectivity index (χ0n) is 11.7. The Labute approximate surface area is 107 Å². The van der Waals surface area contributed by atoms with Crippen molar-refractivity contribution in [2.24, 2.45) is 5.92 Å². The molecule has 0 N–H and O–H groups in total. The molecule has 0 bridgehead atoms. The quantitative estimate of drug-likeness (QED) is 0.568. The van der Waals surface area contributed by atoms with E-state index in [-0.39, 0.29) is 11.0 Å². The second-order valence-corrected chi connectivity index (χ2v) is 11.1. The van der Waals surface area contributed by atoms with E-state index >= 15 is 0 Å². The number of halogens is 3. The van der Waals surface area contributed by atoms with E-state index in [1.165, 1.54) is 0 Å². The molecule has 0 aliphatic carbocycles. The van der Waals surface area contributed by atoms with Crippen molar-refractivity contribution in [2.75, 3.05) is 0 Å². The molecule has 0 unspecified atom stereocenters. The van der Waals surface area contributed by atoms with Gasteiger partial charge in [-0.15, -0.1) is 0 Å². The summed E-state index contributed by atoms with van der Waals surface area (Å²) < 4.78 is 36.5. The lowest BCUT2D eigenvalue weighted by Crippen LogP contribution is -2.51. The van der Waals surface area contributed by atoms with E-state index in [0.717, 1.165) is 0 Å². The highest BCUT2D eigenvalue weighted by molar-refractivity contribution is 7.06. The number of Topliss-reactive ketones (excluding diaryl/α,β-unsaturated/α-hetero) is 1. The van der Waals surface area contributed by atoms with Crippen molar-refractivity contribution in [3.05, 3.63) is 0 Å². The van der Waals surface area contributed by atoms with Gasteiger partial charge in [-0.05, 0) is 11.0 Å². The summed E-state index contributed by atoms with van der Waals surface area (Å²) in [6.45, 7) is 11.1. The number of ketones is 1.